The molecule has 1 aromatic heterocycles. The number of Topliss-reactive ketones (excluding diaryl/α,β-unsaturated/α-hetero) is 1. The highest BCUT2D eigenvalue weighted by molar-refractivity contribution is 5.81. The van der Waals surface area contributed by atoms with Crippen LogP contribution >= 0.6 is 0 Å². The van der Waals surface area contributed by atoms with E-state index >= 15 is 0 Å². The Bertz CT molecular complexity index is 1100. The second-order valence-corrected chi connectivity index (χ2v) is 8.31. The van der Waals surface area contributed by atoms with Gasteiger partial charge in [-0.05, 0) is 43.4 Å². The van der Waals surface area contributed by atoms with Crippen molar-refractivity contribution in [2.45, 2.75) is 78.2 Å². The van der Waals surface area contributed by atoms with Crippen LogP contribution in [-0.4, -0.2) is 33.5 Å². The first-order valence-electron chi connectivity index (χ1n) is 10.9. The number of aryl methyl sites for hydroxylation is 3. The minimum atomic E-state index is -0.687. The van der Waals surface area contributed by atoms with Crippen molar-refractivity contribution in [2.75, 3.05) is 0 Å². The SMILES string of the molecule is CCc1cn([C@H]2C[C@H](OC(C)=O)[C@@H](CCC(=O)Cc3c(C)cccc3C)O2)c(=O)[nH]c1=O. The molecular formula is C24H30N2O6. The van der Waals surface area contributed by atoms with Gasteiger partial charge in [-0.2, -0.15) is 0 Å². The van der Waals surface area contributed by atoms with Gasteiger partial charge in [-0.3, -0.25) is 23.9 Å². The number of benzene rings is 1. The summed E-state index contributed by atoms with van der Waals surface area (Å²) in [6.07, 6.45) is 1.42. The van der Waals surface area contributed by atoms with E-state index in [9.17, 15) is 19.2 Å². The van der Waals surface area contributed by atoms with E-state index in [1.54, 1.807) is 0 Å². The average molecular weight is 443 g/mol. The fourth-order valence-corrected chi connectivity index (χ4v) is 4.18. The summed E-state index contributed by atoms with van der Waals surface area (Å²) in [4.78, 5) is 50.8. The Kier molecular flexibility index (Phi) is 7.45. The molecule has 1 fully saturated rings. The van der Waals surface area contributed by atoms with Crippen molar-refractivity contribution in [1.82, 2.24) is 9.55 Å². The molecule has 1 N–H and O–H groups in total. The fraction of sp³-hybridized carbons (Fsp3) is 0.500. The second-order valence-electron chi connectivity index (χ2n) is 8.31. The van der Waals surface area contributed by atoms with Crippen LogP contribution in [0.5, 0.6) is 0 Å². The van der Waals surface area contributed by atoms with Gasteiger partial charge >= 0.3 is 11.7 Å². The second kappa shape index (κ2) is 10.1. The lowest BCUT2D eigenvalue weighted by molar-refractivity contribution is -0.149. The highest BCUT2D eigenvalue weighted by atomic mass is 16.6. The molecule has 1 saturated heterocycles. The molecule has 2 heterocycles. The fourth-order valence-electron chi connectivity index (χ4n) is 4.18. The first-order valence-corrected chi connectivity index (χ1v) is 10.9. The van der Waals surface area contributed by atoms with E-state index in [0.717, 1.165) is 16.7 Å². The topological polar surface area (TPSA) is 107 Å². The van der Waals surface area contributed by atoms with Crippen LogP contribution in [-0.2, 0) is 31.9 Å². The Balaban J connectivity index is 1.72. The molecule has 0 aliphatic carbocycles. The number of hydrogen-bond acceptors (Lipinski definition) is 6. The molecular weight excluding hydrogens is 412 g/mol. The van der Waals surface area contributed by atoms with Gasteiger partial charge in [0, 0.05) is 37.9 Å². The maximum Gasteiger partial charge on any atom is 0.330 e. The molecule has 0 saturated carbocycles. The maximum atomic E-state index is 12.7. The molecule has 0 radical (unpaired) electrons. The zero-order chi connectivity index (χ0) is 23.4. The van der Waals surface area contributed by atoms with Gasteiger partial charge in [0.15, 0.2) is 0 Å². The Morgan fingerprint density at radius 3 is 2.53 bits per heavy atom. The van der Waals surface area contributed by atoms with E-state index in [2.05, 4.69) is 4.98 Å². The smallest absolute Gasteiger partial charge is 0.330 e. The number of H-pyrrole nitrogens is 1. The van der Waals surface area contributed by atoms with E-state index in [-0.39, 0.29) is 18.6 Å². The van der Waals surface area contributed by atoms with Crippen molar-refractivity contribution in [2.24, 2.45) is 0 Å². The Hall–Kier alpha value is -3.00. The Labute approximate surface area is 186 Å². The third-order valence-electron chi connectivity index (χ3n) is 5.96. The first-order chi connectivity index (χ1) is 15.2. The summed E-state index contributed by atoms with van der Waals surface area (Å²) in [5.41, 5.74) is 2.66. The van der Waals surface area contributed by atoms with Crippen molar-refractivity contribution in [3.8, 4) is 0 Å². The van der Waals surface area contributed by atoms with Gasteiger partial charge < -0.3 is 9.47 Å². The van der Waals surface area contributed by atoms with Gasteiger partial charge in [-0.15, -0.1) is 0 Å². The predicted octanol–water partition coefficient (Wildman–Crippen LogP) is 2.53. The van der Waals surface area contributed by atoms with Crippen molar-refractivity contribution >= 4 is 11.8 Å². The molecule has 0 bridgehead atoms. The molecule has 3 rings (SSSR count). The third kappa shape index (κ3) is 5.43. The van der Waals surface area contributed by atoms with Crippen LogP contribution in [0.25, 0.3) is 0 Å². The summed E-state index contributed by atoms with van der Waals surface area (Å²) in [6, 6.07) is 5.95. The average Bonchev–Trinajstić information content (AvgIpc) is 3.11. The zero-order valence-electron chi connectivity index (χ0n) is 19.0. The van der Waals surface area contributed by atoms with Crippen molar-refractivity contribution in [3.63, 3.8) is 0 Å². The van der Waals surface area contributed by atoms with Gasteiger partial charge in [-0.25, -0.2) is 4.79 Å². The molecule has 1 aliphatic rings. The Morgan fingerprint density at radius 2 is 1.91 bits per heavy atom. The van der Waals surface area contributed by atoms with Gasteiger partial charge in [0.05, 0.1) is 6.10 Å². The molecule has 2 aromatic rings. The Morgan fingerprint density at radius 1 is 1.22 bits per heavy atom. The van der Waals surface area contributed by atoms with Crippen molar-refractivity contribution in [1.29, 1.82) is 0 Å². The van der Waals surface area contributed by atoms with Crippen molar-refractivity contribution < 1.29 is 19.1 Å². The largest absolute Gasteiger partial charge is 0.460 e. The zero-order valence-corrected chi connectivity index (χ0v) is 19.0. The van der Waals surface area contributed by atoms with E-state index in [4.69, 9.17) is 9.47 Å². The highest BCUT2D eigenvalue weighted by Gasteiger charge is 2.39. The standard InChI is InChI=1S/C24H30N2O6/c1-5-17-13-26(24(30)25-23(17)29)22-12-21(31-16(4)27)20(32-22)10-9-18(28)11-19-14(2)7-6-8-15(19)3/h6-8,13,20-22H,5,9-12H2,1-4H3,(H,25,29,30)/t20-,21+,22-/m1/s1. The number of rotatable bonds is 8. The lowest BCUT2D eigenvalue weighted by Gasteiger charge is -2.18. The van der Waals surface area contributed by atoms with E-state index in [1.807, 2.05) is 39.0 Å². The molecule has 172 valence electrons. The van der Waals surface area contributed by atoms with Gasteiger partial charge in [0.1, 0.15) is 18.1 Å². The van der Waals surface area contributed by atoms with Gasteiger partial charge in [0.25, 0.3) is 5.56 Å². The minimum Gasteiger partial charge on any atom is -0.460 e. The van der Waals surface area contributed by atoms with Crippen LogP contribution in [0.3, 0.4) is 0 Å². The van der Waals surface area contributed by atoms with Crippen LogP contribution in [0, 0.1) is 13.8 Å². The van der Waals surface area contributed by atoms with Gasteiger partial charge in [0.2, 0.25) is 0 Å². The quantitative estimate of drug-likeness (QED) is 0.630. The van der Waals surface area contributed by atoms with Crippen LogP contribution in [0.2, 0.25) is 0 Å². The van der Waals surface area contributed by atoms with E-state index in [1.165, 1.54) is 17.7 Å². The number of nitrogens with zero attached hydrogens (tertiary/aromatic N) is 1. The minimum absolute atomic E-state index is 0.0745. The summed E-state index contributed by atoms with van der Waals surface area (Å²) < 4.78 is 12.8. The van der Waals surface area contributed by atoms with Crippen LogP contribution < -0.4 is 11.2 Å². The maximum absolute atomic E-state index is 12.7. The number of aromatic amines is 1. The van der Waals surface area contributed by atoms with E-state index in [0.29, 0.717) is 24.8 Å². The van der Waals surface area contributed by atoms with Crippen molar-refractivity contribution in [3.05, 3.63) is 67.5 Å². The number of esters is 1. The molecule has 0 spiro atoms. The molecule has 8 heteroatoms. The summed E-state index contributed by atoms with van der Waals surface area (Å²) >= 11 is 0. The summed E-state index contributed by atoms with van der Waals surface area (Å²) in [5.74, 6) is -0.375. The lowest BCUT2D eigenvalue weighted by atomic mass is 9.95. The number of carbonyl (C=O) groups is 2. The lowest BCUT2D eigenvalue weighted by Crippen LogP contribution is -2.34. The molecule has 1 aliphatic heterocycles. The normalized spacial score (nSPS) is 20.3. The number of nitrogens with one attached hydrogen (secondary N) is 1. The monoisotopic (exact) mass is 442 g/mol. The number of carbonyl (C=O) groups excluding carboxylic acids is 2. The summed E-state index contributed by atoms with van der Waals surface area (Å²) in [6.45, 7) is 7.12. The summed E-state index contributed by atoms with van der Waals surface area (Å²) in [5, 5.41) is 0. The number of hydrogen-bond donors (Lipinski definition) is 1. The molecule has 8 nitrogen and oxygen atoms in total. The molecule has 0 amide bonds. The molecule has 1 aromatic carbocycles. The highest BCUT2D eigenvalue weighted by Crippen LogP contribution is 2.32. The number of aromatic nitrogens is 2. The number of ketones is 1. The van der Waals surface area contributed by atoms with E-state index < -0.39 is 35.7 Å². The first kappa shape index (κ1) is 23.7. The van der Waals surface area contributed by atoms with Gasteiger partial charge in [-0.1, -0.05) is 25.1 Å². The predicted molar refractivity (Wildman–Crippen MR) is 119 cm³/mol. The number of ether oxygens (including phenoxy) is 2. The molecule has 0 unspecified atom stereocenters. The summed E-state index contributed by atoms with van der Waals surface area (Å²) in [7, 11) is 0. The van der Waals surface area contributed by atoms with Crippen LogP contribution in [0.4, 0.5) is 0 Å². The van der Waals surface area contributed by atoms with Crippen LogP contribution in [0.15, 0.2) is 34.0 Å². The third-order valence-corrected chi connectivity index (χ3v) is 5.96. The molecule has 3 atom stereocenters. The molecule has 32 heavy (non-hydrogen) atoms. The van der Waals surface area contributed by atoms with Crippen LogP contribution in [0.1, 0.15) is 61.6 Å².